The van der Waals surface area contributed by atoms with Crippen LogP contribution < -0.4 is 15.0 Å². The second kappa shape index (κ2) is 7.88. The smallest absolute Gasteiger partial charge is 0.338 e. The van der Waals surface area contributed by atoms with Crippen molar-refractivity contribution >= 4 is 40.3 Å². The van der Waals surface area contributed by atoms with Gasteiger partial charge in [0, 0.05) is 10.6 Å². The van der Waals surface area contributed by atoms with E-state index in [1.54, 1.807) is 25.4 Å². The predicted molar refractivity (Wildman–Crippen MR) is 108 cm³/mol. The number of carbonyl (C=O) groups excluding carboxylic acids is 1. The summed E-state index contributed by atoms with van der Waals surface area (Å²) in [5, 5.41) is 5.78. The lowest BCUT2D eigenvalue weighted by molar-refractivity contribution is -0.139. The second-order valence-electron chi connectivity index (χ2n) is 5.62. The van der Waals surface area contributed by atoms with Gasteiger partial charge < -0.3 is 14.8 Å². The number of hydrogen-bond acceptors (Lipinski definition) is 5. The van der Waals surface area contributed by atoms with Crippen molar-refractivity contribution in [3.05, 3.63) is 57.9 Å². The van der Waals surface area contributed by atoms with Crippen LogP contribution in [0.1, 0.15) is 24.8 Å². The lowest BCUT2D eigenvalue weighted by Crippen LogP contribution is -2.48. The molecule has 0 bridgehead atoms. The maximum Gasteiger partial charge on any atom is 0.338 e. The van der Waals surface area contributed by atoms with Gasteiger partial charge in [-0.05, 0) is 49.6 Å². The highest BCUT2D eigenvalue weighted by Crippen LogP contribution is 2.38. The zero-order valence-electron chi connectivity index (χ0n) is 14.8. The molecule has 0 saturated carbocycles. The number of anilines is 1. The molecule has 1 aliphatic rings. The third kappa shape index (κ3) is 3.32. The van der Waals surface area contributed by atoms with Gasteiger partial charge in [-0.1, -0.05) is 18.2 Å². The Labute approximate surface area is 162 Å². The van der Waals surface area contributed by atoms with Gasteiger partial charge in [0.15, 0.2) is 5.11 Å². The van der Waals surface area contributed by atoms with Gasteiger partial charge in [0.1, 0.15) is 5.75 Å². The second-order valence-corrected chi connectivity index (χ2v) is 6.99. The van der Waals surface area contributed by atoms with Crippen molar-refractivity contribution < 1.29 is 14.3 Å². The molecule has 0 spiro atoms. The van der Waals surface area contributed by atoms with Crippen LogP contribution in [0.5, 0.6) is 5.75 Å². The number of allylic oxidation sites excluding steroid dienone is 1. The summed E-state index contributed by atoms with van der Waals surface area (Å²) in [6, 6.07) is 11.2. The number of benzene rings is 1. The predicted octanol–water partition coefficient (Wildman–Crippen LogP) is 4.03. The van der Waals surface area contributed by atoms with Crippen molar-refractivity contribution in [3.8, 4) is 5.75 Å². The van der Waals surface area contributed by atoms with Crippen LogP contribution in [0.15, 0.2) is 53.0 Å². The van der Waals surface area contributed by atoms with Crippen LogP contribution in [0.25, 0.3) is 0 Å². The third-order valence-electron chi connectivity index (χ3n) is 4.13. The molecule has 7 heteroatoms. The fraction of sp³-hybridized carbons (Fsp3) is 0.263. The van der Waals surface area contributed by atoms with E-state index in [9.17, 15) is 4.79 Å². The minimum Gasteiger partial charge on any atom is -0.495 e. The Balaban J connectivity index is 2.15. The maximum atomic E-state index is 12.7. The van der Waals surface area contributed by atoms with Gasteiger partial charge in [-0.3, -0.25) is 4.90 Å². The van der Waals surface area contributed by atoms with E-state index in [0.717, 1.165) is 16.3 Å². The highest BCUT2D eigenvalue weighted by molar-refractivity contribution is 7.80. The average Bonchev–Trinajstić information content (AvgIpc) is 3.16. The minimum atomic E-state index is -0.349. The van der Waals surface area contributed by atoms with Crippen LogP contribution in [0.2, 0.25) is 0 Å². The molecule has 1 aliphatic heterocycles. The van der Waals surface area contributed by atoms with Crippen LogP contribution in [-0.4, -0.2) is 24.8 Å². The summed E-state index contributed by atoms with van der Waals surface area (Å²) >= 11 is 7.20. The number of nitrogens with one attached hydrogen (secondary N) is 1. The summed E-state index contributed by atoms with van der Waals surface area (Å²) in [4.78, 5) is 15.6. The largest absolute Gasteiger partial charge is 0.495 e. The number of ether oxygens (including phenoxy) is 2. The van der Waals surface area contributed by atoms with E-state index in [-0.39, 0.29) is 12.0 Å². The number of methoxy groups -OCH3 is 1. The molecule has 0 radical (unpaired) electrons. The van der Waals surface area contributed by atoms with Crippen LogP contribution in [0, 0.1) is 0 Å². The standard InChI is InChI=1S/C19H20N2O3S2/c1-4-24-18(22)16-12(2)21(13-8-5-6-9-14(13)23-3)19(25)20-17(16)15-10-7-11-26-15/h5-11,17H,4H2,1-3H3,(H,20,25)/t17-/m1/s1. The van der Waals surface area contributed by atoms with E-state index in [4.69, 9.17) is 21.7 Å². The first-order chi connectivity index (χ1) is 12.6. The summed E-state index contributed by atoms with van der Waals surface area (Å²) < 4.78 is 10.8. The van der Waals surface area contributed by atoms with Crippen molar-refractivity contribution in [3.63, 3.8) is 0 Å². The Morgan fingerprint density at radius 3 is 2.73 bits per heavy atom. The van der Waals surface area contributed by atoms with E-state index in [1.165, 1.54) is 0 Å². The first kappa shape index (κ1) is 18.4. The molecule has 1 N–H and O–H groups in total. The van der Waals surface area contributed by atoms with Crippen LogP contribution in [-0.2, 0) is 9.53 Å². The molecule has 0 aliphatic carbocycles. The number of rotatable bonds is 5. The molecule has 26 heavy (non-hydrogen) atoms. The number of carbonyl (C=O) groups is 1. The van der Waals surface area contributed by atoms with Crippen molar-refractivity contribution in [2.45, 2.75) is 19.9 Å². The zero-order chi connectivity index (χ0) is 18.7. The first-order valence-corrected chi connectivity index (χ1v) is 9.52. The Hall–Kier alpha value is -2.38. The number of para-hydroxylation sites is 2. The number of thiophene rings is 1. The van der Waals surface area contributed by atoms with E-state index in [2.05, 4.69) is 5.32 Å². The lowest BCUT2D eigenvalue weighted by atomic mass is 10.00. The minimum absolute atomic E-state index is 0.311. The molecular weight excluding hydrogens is 368 g/mol. The SMILES string of the molecule is CCOC(=O)C1=C(C)N(c2ccccc2OC)C(=S)N[C@@H]1c1cccs1. The monoisotopic (exact) mass is 388 g/mol. The number of thiocarbonyl (C=S) groups is 1. The van der Waals surface area contributed by atoms with Gasteiger partial charge in [-0.15, -0.1) is 11.3 Å². The van der Waals surface area contributed by atoms with Crippen molar-refractivity contribution in [1.29, 1.82) is 0 Å². The van der Waals surface area contributed by atoms with Gasteiger partial charge in [0.05, 0.1) is 31.0 Å². The molecule has 0 amide bonds. The van der Waals surface area contributed by atoms with E-state index < -0.39 is 0 Å². The molecule has 3 rings (SSSR count). The Morgan fingerprint density at radius 1 is 1.31 bits per heavy atom. The summed E-state index contributed by atoms with van der Waals surface area (Å²) in [6.45, 7) is 3.99. The van der Waals surface area contributed by atoms with Gasteiger partial charge in [-0.2, -0.15) is 0 Å². The average molecular weight is 389 g/mol. The topological polar surface area (TPSA) is 50.8 Å². The molecule has 0 fully saturated rings. The fourth-order valence-corrected chi connectivity index (χ4v) is 4.13. The quantitative estimate of drug-likeness (QED) is 0.617. The third-order valence-corrected chi connectivity index (χ3v) is 5.37. The number of hydrogen-bond donors (Lipinski definition) is 1. The molecule has 2 aromatic rings. The number of esters is 1. The lowest BCUT2D eigenvalue weighted by Gasteiger charge is -2.37. The summed E-state index contributed by atoms with van der Waals surface area (Å²) in [5.41, 5.74) is 2.06. The van der Waals surface area contributed by atoms with E-state index in [1.807, 2.05) is 53.6 Å². The number of nitrogens with zero attached hydrogens (tertiary/aromatic N) is 1. The van der Waals surface area contributed by atoms with Crippen molar-refractivity contribution in [2.24, 2.45) is 0 Å². The Kier molecular flexibility index (Phi) is 5.58. The molecule has 0 saturated heterocycles. The molecule has 0 unspecified atom stereocenters. The molecule has 5 nitrogen and oxygen atoms in total. The molecule has 1 atom stereocenters. The molecule has 1 aromatic heterocycles. The highest BCUT2D eigenvalue weighted by atomic mass is 32.1. The van der Waals surface area contributed by atoms with Crippen molar-refractivity contribution in [2.75, 3.05) is 18.6 Å². The normalized spacial score (nSPS) is 17.1. The maximum absolute atomic E-state index is 12.7. The van der Waals surface area contributed by atoms with Crippen LogP contribution >= 0.6 is 23.6 Å². The molecule has 136 valence electrons. The van der Waals surface area contributed by atoms with Gasteiger partial charge in [0.25, 0.3) is 0 Å². The molecule has 2 heterocycles. The molecular formula is C19H20N2O3S2. The Morgan fingerprint density at radius 2 is 2.08 bits per heavy atom. The summed E-state index contributed by atoms with van der Waals surface area (Å²) in [6.07, 6.45) is 0. The Bertz CT molecular complexity index is 846. The van der Waals surface area contributed by atoms with Crippen LogP contribution in [0.4, 0.5) is 5.69 Å². The molecule has 1 aromatic carbocycles. The van der Waals surface area contributed by atoms with Gasteiger partial charge in [-0.25, -0.2) is 4.79 Å². The fourth-order valence-electron chi connectivity index (χ4n) is 2.99. The van der Waals surface area contributed by atoms with Crippen molar-refractivity contribution in [1.82, 2.24) is 5.32 Å². The van der Waals surface area contributed by atoms with E-state index >= 15 is 0 Å². The summed E-state index contributed by atoms with van der Waals surface area (Å²) in [5.74, 6) is 0.326. The zero-order valence-corrected chi connectivity index (χ0v) is 16.4. The summed E-state index contributed by atoms with van der Waals surface area (Å²) in [7, 11) is 1.61. The van der Waals surface area contributed by atoms with Gasteiger partial charge in [0.2, 0.25) is 0 Å². The van der Waals surface area contributed by atoms with Gasteiger partial charge >= 0.3 is 5.97 Å². The highest BCUT2D eigenvalue weighted by Gasteiger charge is 2.36. The first-order valence-electron chi connectivity index (χ1n) is 8.23. The van der Waals surface area contributed by atoms with Crippen LogP contribution in [0.3, 0.4) is 0 Å². The van der Waals surface area contributed by atoms with E-state index in [0.29, 0.717) is 23.0 Å².